The Balaban J connectivity index is 1.53. The molecule has 0 saturated carbocycles. The summed E-state index contributed by atoms with van der Waals surface area (Å²) in [6.07, 6.45) is -1.02. The van der Waals surface area contributed by atoms with Crippen LogP contribution in [0.5, 0.6) is 0 Å². The van der Waals surface area contributed by atoms with Crippen LogP contribution in [0.3, 0.4) is 0 Å². The quantitative estimate of drug-likeness (QED) is 0.530. The van der Waals surface area contributed by atoms with E-state index in [0.29, 0.717) is 22.3 Å². The molecular formula is C23H16ClF2N3O3. The van der Waals surface area contributed by atoms with E-state index < -0.39 is 35.7 Å². The van der Waals surface area contributed by atoms with Gasteiger partial charge in [-0.3, -0.25) is 9.69 Å². The number of halogens is 3. The van der Waals surface area contributed by atoms with E-state index >= 15 is 0 Å². The average Bonchev–Trinajstić information content (AvgIpc) is 3.29. The van der Waals surface area contributed by atoms with Gasteiger partial charge in [0, 0.05) is 33.0 Å². The number of carbonyl (C=O) groups excluding carboxylic acids is 2. The Kier molecular flexibility index (Phi) is 4.83. The van der Waals surface area contributed by atoms with Gasteiger partial charge >= 0.3 is 6.03 Å². The van der Waals surface area contributed by atoms with E-state index in [2.05, 4.69) is 10.6 Å². The summed E-state index contributed by atoms with van der Waals surface area (Å²) in [4.78, 5) is 26.7. The molecule has 2 aliphatic rings. The fraction of sp³-hybridized carbons (Fsp3) is 0.130. The molecule has 0 fully saturated rings. The molecule has 0 radical (unpaired) electrons. The first-order valence-corrected chi connectivity index (χ1v) is 10.2. The number of urea groups is 1. The van der Waals surface area contributed by atoms with Crippen LogP contribution in [0.15, 0.2) is 54.6 Å². The van der Waals surface area contributed by atoms with E-state index in [9.17, 15) is 23.5 Å². The largest absolute Gasteiger partial charge is 0.386 e. The Morgan fingerprint density at radius 2 is 1.91 bits per heavy atom. The number of aliphatic hydroxyl groups is 1. The van der Waals surface area contributed by atoms with Gasteiger partial charge in [0.1, 0.15) is 11.6 Å². The number of hydrogen-bond acceptors (Lipinski definition) is 3. The summed E-state index contributed by atoms with van der Waals surface area (Å²) in [5.74, 6) is -1.55. The Labute approximate surface area is 186 Å². The highest BCUT2D eigenvalue weighted by Crippen LogP contribution is 2.41. The van der Waals surface area contributed by atoms with Gasteiger partial charge in [0.25, 0.3) is 5.91 Å². The SMILES string of the molecule is O=C1N[C@@H](c2cc(F)ccc2Cl)c2c(NC(=O)N3C[C@@H](O)c4cccc(F)c43)cccc21. The molecule has 0 bridgehead atoms. The lowest BCUT2D eigenvalue weighted by Gasteiger charge is -2.21. The number of carbonyl (C=O) groups is 2. The van der Waals surface area contributed by atoms with Gasteiger partial charge in [-0.1, -0.05) is 29.8 Å². The standard InChI is InChI=1S/C23H16ClF2N3O3/c24-15-8-7-11(25)9-14(15)20-19-13(22(31)28-20)4-2-6-17(19)27-23(32)29-10-18(30)12-3-1-5-16(26)21(12)29/h1-9,18,20,30H,10H2,(H,27,32)(H,28,31)/t18-,20+/m1/s1. The van der Waals surface area contributed by atoms with Gasteiger partial charge in [-0.05, 0) is 36.4 Å². The molecule has 2 heterocycles. The Morgan fingerprint density at radius 3 is 2.72 bits per heavy atom. The number of aliphatic hydroxyl groups excluding tert-OH is 1. The second-order valence-electron chi connectivity index (χ2n) is 7.57. The number of amides is 3. The van der Waals surface area contributed by atoms with Crippen molar-refractivity contribution in [2.75, 3.05) is 16.8 Å². The van der Waals surface area contributed by atoms with Gasteiger partial charge in [0.15, 0.2) is 0 Å². The third-order valence-corrected chi connectivity index (χ3v) is 6.02. The molecule has 3 aromatic rings. The minimum Gasteiger partial charge on any atom is -0.386 e. The predicted octanol–water partition coefficient (Wildman–Crippen LogP) is 4.54. The van der Waals surface area contributed by atoms with Crippen LogP contribution in [0.25, 0.3) is 0 Å². The van der Waals surface area contributed by atoms with E-state index in [1.807, 2.05) is 0 Å². The number of rotatable bonds is 2. The number of para-hydroxylation sites is 1. The molecule has 0 unspecified atom stereocenters. The fourth-order valence-corrected chi connectivity index (χ4v) is 4.48. The second kappa shape index (κ2) is 7.58. The topological polar surface area (TPSA) is 81.7 Å². The highest BCUT2D eigenvalue weighted by atomic mass is 35.5. The van der Waals surface area contributed by atoms with E-state index in [4.69, 9.17) is 11.6 Å². The van der Waals surface area contributed by atoms with Crippen LogP contribution in [0.1, 0.15) is 39.2 Å². The minimum atomic E-state index is -1.02. The van der Waals surface area contributed by atoms with E-state index in [-0.39, 0.29) is 22.9 Å². The molecule has 3 aromatic carbocycles. The Morgan fingerprint density at radius 1 is 1.12 bits per heavy atom. The van der Waals surface area contributed by atoms with Gasteiger partial charge in [-0.15, -0.1) is 0 Å². The van der Waals surface area contributed by atoms with Gasteiger partial charge in [0.2, 0.25) is 0 Å². The summed E-state index contributed by atoms with van der Waals surface area (Å²) >= 11 is 6.26. The molecule has 2 atom stereocenters. The lowest BCUT2D eigenvalue weighted by Crippen LogP contribution is -2.35. The van der Waals surface area contributed by atoms with Crippen LogP contribution in [0, 0.1) is 11.6 Å². The highest BCUT2D eigenvalue weighted by Gasteiger charge is 2.37. The monoisotopic (exact) mass is 455 g/mol. The molecule has 3 N–H and O–H groups in total. The van der Waals surface area contributed by atoms with E-state index in [1.54, 1.807) is 24.3 Å². The van der Waals surface area contributed by atoms with Crippen molar-refractivity contribution in [1.82, 2.24) is 5.32 Å². The number of nitrogens with zero attached hydrogens (tertiary/aromatic N) is 1. The zero-order valence-electron chi connectivity index (χ0n) is 16.4. The maximum atomic E-state index is 14.4. The minimum absolute atomic E-state index is 0.00371. The van der Waals surface area contributed by atoms with Gasteiger partial charge < -0.3 is 15.7 Å². The van der Waals surface area contributed by atoms with Crippen molar-refractivity contribution >= 4 is 34.9 Å². The molecular weight excluding hydrogens is 440 g/mol. The number of anilines is 2. The molecule has 0 aliphatic carbocycles. The average molecular weight is 456 g/mol. The van der Waals surface area contributed by atoms with Gasteiger partial charge in [-0.2, -0.15) is 0 Å². The number of hydrogen-bond donors (Lipinski definition) is 3. The molecule has 0 spiro atoms. The van der Waals surface area contributed by atoms with Crippen LogP contribution in [-0.4, -0.2) is 23.6 Å². The van der Waals surface area contributed by atoms with Crippen LogP contribution >= 0.6 is 11.6 Å². The molecule has 0 saturated heterocycles. The molecule has 3 amide bonds. The van der Waals surface area contributed by atoms with Crippen molar-refractivity contribution in [2.45, 2.75) is 12.1 Å². The third kappa shape index (κ3) is 3.19. The highest BCUT2D eigenvalue weighted by molar-refractivity contribution is 6.31. The molecule has 2 aliphatic heterocycles. The van der Waals surface area contributed by atoms with Crippen molar-refractivity contribution in [3.8, 4) is 0 Å². The number of benzene rings is 3. The number of nitrogens with one attached hydrogen (secondary N) is 2. The third-order valence-electron chi connectivity index (χ3n) is 5.67. The van der Waals surface area contributed by atoms with Crippen LogP contribution in [0.4, 0.5) is 25.0 Å². The number of fused-ring (bicyclic) bond motifs is 2. The zero-order valence-corrected chi connectivity index (χ0v) is 17.2. The van der Waals surface area contributed by atoms with Crippen molar-refractivity contribution in [3.63, 3.8) is 0 Å². The Bertz CT molecular complexity index is 1280. The van der Waals surface area contributed by atoms with Crippen molar-refractivity contribution in [1.29, 1.82) is 0 Å². The molecule has 5 rings (SSSR count). The molecule has 0 aromatic heterocycles. The van der Waals surface area contributed by atoms with E-state index in [0.717, 1.165) is 4.90 Å². The summed E-state index contributed by atoms with van der Waals surface area (Å²) in [5.41, 5.74) is 1.68. The summed E-state index contributed by atoms with van der Waals surface area (Å²) < 4.78 is 28.3. The van der Waals surface area contributed by atoms with Crippen molar-refractivity contribution in [3.05, 3.63) is 93.5 Å². The van der Waals surface area contributed by atoms with Crippen LogP contribution in [-0.2, 0) is 0 Å². The smallest absolute Gasteiger partial charge is 0.326 e. The molecule has 162 valence electrons. The van der Waals surface area contributed by atoms with Crippen LogP contribution < -0.4 is 15.5 Å². The van der Waals surface area contributed by atoms with Crippen LogP contribution in [0.2, 0.25) is 5.02 Å². The second-order valence-corrected chi connectivity index (χ2v) is 7.98. The molecule has 32 heavy (non-hydrogen) atoms. The summed E-state index contributed by atoms with van der Waals surface area (Å²) in [6.45, 7) is -0.118. The zero-order chi connectivity index (χ0) is 22.6. The lowest BCUT2D eigenvalue weighted by atomic mass is 9.96. The summed E-state index contributed by atoms with van der Waals surface area (Å²) in [5, 5.41) is 16.0. The lowest BCUT2D eigenvalue weighted by molar-refractivity contribution is 0.0960. The van der Waals surface area contributed by atoms with Crippen molar-refractivity contribution in [2.24, 2.45) is 0 Å². The van der Waals surface area contributed by atoms with Gasteiger partial charge in [0.05, 0.1) is 24.4 Å². The summed E-state index contributed by atoms with van der Waals surface area (Å²) in [7, 11) is 0. The van der Waals surface area contributed by atoms with Gasteiger partial charge in [-0.25, -0.2) is 13.6 Å². The first-order valence-electron chi connectivity index (χ1n) is 9.79. The fourth-order valence-electron chi connectivity index (χ4n) is 4.25. The maximum Gasteiger partial charge on any atom is 0.326 e. The molecule has 6 nitrogen and oxygen atoms in total. The number of β-amino-alcohol motifs (C(OH)–C–C–N with tert-alkyl or cyclic N) is 1. The molecule has 9 heteroatoms. The summed E-state index contributed by atoms with van der Waals surface area (Å²) in [6, 6.07) is 11.4. The normalized spacial score (nSPS) is 18.9. The maximum absolute atomic E-state index is 14.4. The Hall–Kier alpha value is -3.49. The first kappa shape index (κ1) is 20.4. The van der Waals surface area contributed by atoms with E-state index in [1.165, 1.54) is 30.3 Å². The van der Waals surface area contributed by atoms with Crippen molar-refractivity contribution < 1.29 is 23.5 Å². The predicted molar refractivity (Wildman–Crippen MR) is 115 cm³/mol. The first-order chi connectivity index (χ1) is 15.3.